The number of nitrogens with zero attached hydrogens (tertiary/aromatic N) is 1. The van der Waals surface area contributed by atoms with Crippen molar-refractivity contribution in [3.8, 4) is 5.75 Å². The van der Waals surface area contributed by atoms with E-state index in [4.69, 9.17) is 4.74 Å². The van der Waals surface area contributed by atoms with Gasteiger partial charge in [0, 0.05) is 5.56 Å². The molecule has 0 spiro atoms. The smallest absolute Gasteiger partial charge is 0.277 e. The van der Waals surface area contributed by atoms with E-state index >= 15 is 0 Å². The van der Waals surface area contributed by atoms with Crippen molar-refractivity contribution in [2.75, 3.05) is 6.61 Å². The van der Waals surface area contributed by atoms with Gasteiger partial charge in [-0.05, 0) is 57.6 Å². The molecule has 1 amide bonds. The summed E-state index contributed by atoms with van der Waals surface area (Å²) in [5, 5.41) is 6.50. The van der Waals surface area contributed by atoms with Gasteiger partial charge in [-0.25, -0.2) is 5.43 Å². The van der Waals surface area contributed by atoms with Crippen LogP contribution in [0.2, 0.25) is 0 Å². The first-order chi connectivity index (χ1) is 13.2. The summed E-state index contributed by atoms with van der Waals surface area (Å²) in [6.07, 6.45) is 2.98. The fraction of sp³-hybridized carbons (Fsp3) is 0.182. The van der Waals surface area contributed by atoms with Crippen LogP contribution in [0.25, 0.3) is 10.8 Å². The minimum Gasteiger partial charge on any atom is -0.483 e. The second-order valence-corrected chi connectivity index (χ2v) is 7.28. The Bertz CT molecular complexity index is 1030. The summed E-state index contributed by atoms with van der Waals surface area (Å²) < 4.78 is 6.54. The molecule has 3 aromatic rings. The van der Waals surface area contributed by atoms with E-state index in [9.17, 15) is 4.79 Å². The lowest BCUT2D eigenvalue weighted by Crippen LogP contribution is -2.27. The second kappa shape index (κ2) is 7.92. The zero-order valence-electron chi connectivity index (χ0n) is 14.7. The molecule has 0 aliphatic heterocycles. The number of halogens is 1. The van der Waals surface area contributed by atoms with Gasteiger partial charge in [-0.2, -0.15) is 5.10 Å². The largest absolute Gasteiger partial charge is 0.483 e. The molecule has 0 fully saturated rings. The fourth-order valence-electron chi connectivity index (χ4n) is 3.35. The van der Waals surface area contributed by atoms with E-state index < -0.39 is 0 Å². The molecule has 0 atom stereocenters. The van der Waals surface area contributed by atoms with Gasteiger partial charge in [0.15, 0.2) is 6.61 Å². The van der Waals surface area contributed by atoms with E-state index in [1.54, 1.807) is 0 Å². The van der Waals surface area contributed by atoms with Crippen LogP contribution in [-0.4, -0.2) is 18.2 Å². The number of aryl methyl sites for hydroxylation is 1. The number of benzene rings is 3. The number of fused-ring (bicyclic) bond motifs is 2. The average Bonchev–Trinajstić information content (AvgIpc) is 2.72. The van der Waals surface area contributed by atoms with E-state index in [-0.39, 0.29) is 12.5 Å². The van der Waals surface area contributed by atoms with Crippen LogP contribution in [0.1, 0.15) is 24.0 Å². The molecule has 1 aliphatic carbocycles. The molecule has 27 heavy (non-hydrogen) atoms. The molecular formula is C22H19BrN2O2. The van der Waals surface area contributed by atoms with E-state index in [0.717, 1.165) is 45.8 Å². The highest BCUT2D eigenvalue weighted by Crippen LogP contribution is 2.32. The summed E-state index contributed by atoms with van der Waals surface area (Å²) in [5.41, 5.74) is 5.97. The Morgan fingerprint density at radius 1 is 1.04 bits per heavy atom. The molecule has 0 bridgehead atoms. The quantitative estimate of drug-likeness (QED) is 0.611. The fourth-order valence-corrected chi connectivity index (χ4v) is 3.96. The molecule has 1 N–H and O–H groups in total. The molecule has 3 aromatic carbocycles. The van der Waals surface area contributed by atoms with Gasteiger partial charge in [0.2, 0.25) is 0 Å². The highest BCUT2D eigenvalue weighted by Gasteiger charge is 2.15. The lowest BCUT2D eigenvalue weighted by Gasteiger charge is -2.17. The maximum atomic E-state index is 12.2. The molecule has 0 heterocycles. The summed E-state index contributed by atoms with van der Waals surface area (Å²) in [6, 6.07) is 20.1. The van der Waals surface area contributed by atoms with Crippen molar-refractivity contribution in [3.05, 3.63) is 76.3 Å². The van der Waals surface area contributed by atoms with Gasteiger partial charge in [0.05, 0.1) is 10.2 Å². The van der Waals surface area contributed by atoms with Gasteiger partial charge in [-0.1, -0.05) is 54.6 Å². The molecule has 0 unspecified atom stereocenters. The van der Waals surface area contributed by atoms with E-state index in [1.807, 2.05) is 48.5 Å². The standard InChI is InChI=1S/C22H19BrN2O2/c23-22-18-10-4-2-7-16(18)12-13-20(22)27-14-21(26)25-24-19-11-5-8-15-6-1-3-9-17(15)19/h1-4,6-7,9-10,12-13H,5,8,11,14H2,(H,25,26)/b24-19+. The second-order valence-electron chi connectivity index (χ2n) is 6.49. The van der Waals surface area contributed by atoms with E-state index in [0.29, 0.717) is 5.75 Å². The molecule has 136 valence electrons. The number of nitrogens with one attached hydrogen (secondary N) is 1. The first-order valence-corrected chi connectivity index (χ1v) is 9.75. The van der Waals surface area contributed by atoms with Crippen LogP contribution in [0.3, 0.4) is 0 Å². The summed E-state index contributed by atoms with van der Waals surface area (Å²) in [6.45, 7) is -0.0879. The summed E-state index contributed by atoms with van der Waals surface area (Å²) in [5.74, 6) is 0.366. The monoisotopic (exact) mass is 422 g/mol. The lowest BCUT2D eigenvalue weighted by molar-refractivity contribution is -0.123. The van der Waals surface area contributed by atoms with Gasteiger partial charge < -0.3 is 4.74 Å². The summed E-state index contributed by atoms with van der Waals surface area (Å²) in [4.78, 5) is 12.2. The minimum absolute atomic E-state index is 0.0879. The number of hydrazone groups is 1. The number of carbonyl (C=O) groups excluding carboxylic acids is 1. The van der Waals surface area contributed by atoms with Crippen molar-refractivity contribution in [1.29, 1.82) is 0 Å². The zero-order chi connectivity index (χ0) is 18.6. The lowest BCUT2D eigenvalue weighted by atomic mass is 9.90. The molecule has 0 aromatic heterocycles. The Morgan fingerprint density at radius 3 is 2.78 bits per heavy atom. The third kappa shape index (κ3) is 3.88. The highest BCUT2D eigenvalue weighted by molar-refractivity contribution is 9.10. The third-order valence-corrected chi connectivity index (χ3v) is 5.51. The van der Waals surface area contributed by atoms with Crippen LogP contribution in [0, 0.1) is 0 Å². The van der Waals surface area contributed by atoms with Crippen LogP contribution in [-0.2, 0) is 11.2 Å². The number of rotatable bonds is 4. The van der Waals surface area contributed by atoms with Crippen molar-refractivity contribution in [3.63, 3.8) is 0 Å². The molecule has 0 radical (unpaired) electrons. The first kappa shape index (κ1) is 17.7. The van der Waals surface area contributed by atoms with Gasteiger partial charge >= 0.3 is 0 Å². The predicted octanol–water partition coefficient (Wildman–Crippen LogP) is 4.84. The molecule has 5 heteroatoms. The topological polar surface area (TPSA) is 50.7 Å². The normalized spacial score (nSPS) is 14.8. The minimum atomic E-state index is -0.273. The number of amides is 1. The summed E-state index contributed by atoms with van der Waals surface area (Å²) >= 11 is 3.57. The Balaban J connectivity index is 1.42. The zero-order valence-corrected chi connectivity index (χ0v) is 16.3. The number of ether oxygens (including phenoxy) is 1. The molecular weight excluding hydrogens is 404 g/mol. The number of hydrogen-bond donors (Lipinski definition) is 1. The number of carbonyl (C=O) groups is 1. The molecule has 4 nitrogen and oxygen atoms in total. The molecule has 1 aliphatic rings. The van der Waals surface area contributed by atoms with Gasteiger partial charge in [0.25, 0.3) is 5.91 Å². The maximum absolute atomic E-state index is 12.2. The highest BCUT2D eigenvalue weighted by atomic mass is 79.9. The van der Waals surface area contributed by atoms with Crippen LogP contribution in [0.4, 0.5) is 0 Å². The van der Waals surface area contributed by atoms with Crippen LogP contribution < -0.4 is 10.2 Å². The van der Waals surface area contributed by atoms with Crippen molar-refractivity contribution in [1.82, 2.24) is 5.43 Å². The Kier molecular flexibility index (Phi) is 5.21. The predicted molar refractivity (Wildman–Crippen MR) is 111 cm³/mol. The van der Waals surface area contributed by atoms with Crippen molar-refractivity contribution >= 4 is 38.3 Å². The third-order valence-electron chi connectivity index (χ3n) is 4.69. The Morgan fingerprint density at radius 2 is 1.85 bits per heavy atom. The van der Waals surface area contributed by atoms with Gasteiger partial charge in [0.1, 0.15) is 5.75 Å². The van der Waals surface area contributed by atoms with Crippen LogP contribution >= 0.6 is 15.9 Å². The van der Waals surface area contributed by atoms with E-state index in [1.165, 1.54) is 5.56 Å². The SMILES string of the molecule is O=C(COc1ccc2ccccc2c1Br)N/N=C1\CCCc2ccccc21. The van der Waals surface area contributed by atoms with Crippen molar-refractivity contribution in [2.45, 2.75) is 19.3 Å². The maximum Gasteiger partial charge on any atom is 0.277 e. The Labute approximate surface area is 166 Å². The van der Waals surface area contributed by atoms with Crippen LogP contribution in [0.15, 0.2) is 70.2 Å². The Hall–Kier alpha value is -2.66. The van der Waals surface area contributed by atoms with E-state index in [2.05, 4.69) is 38.6 Å². The first-order valence-electron chi connectivity index (χ1n) is 8.96. The van der Waals surface area contributed by atoms with Gasteiger partial charge in [-0.3, -0.25) is 4.79 Å². The average molecular weight is 423 g/mol. The molecule has 4 rings (SSSR count). The van der Waals surface area contributed by atoms with Crippen LogP contribution in [0.5, 0.6) is 5.75 Å². The summed E-state index contributed by atoms with van der Waals surface area (Å²) in [7, 11) is 0. The number of hydrogen-bond acceptors (Lipinski definition) is 3. The molecule has 0 saturated heterocycles. The van der Waals surface area contributed by atoms with Gasteiger partial charge in [-0.15, -0.1) is 0 Å². The van der Waals surface area contributed by atoms with Crippen molar-refractivity contribution < 1.29 is 9.53 Å². The molecule has 0 saturated carbocycles. The van der Waals surface area contributed by atoms with Crippen molar-refractivity contribution in [2.24, 2.45) is 5.10 Å².